The standard InChI is InChI=1S/C14H28N2/c1-14(9-6-10-15-14)12-16(2)11-13-7-4-3-5-8-13/h13,15H,3-12H2,1-2H3. The van der Waals surface area contributed by atoms with Crippen LogP contribution in [0, 0.1) is 5.92 Å². The summed E-state index contributed by atoms with van der Waals surface area (Å²) in [6.45, 7) is 6.14. The topological polar surface area (TPSA) is 15.3 Å². The summed E-state index contributed by atoms with van der Waals surface area (Å²) in [4.78, 5) is 2.56. The smallest absolute Gasteiger partial charge is 0.0280 e. The molecule has 1 N–H and O–H groups in total. The van der Waals surface area contributed by atoms with Crippen molar-refractivity contribution in [3.63, 3.8) is 0 Å². The molecule has 0 aromatic heterocycles. The average molecular weight is 224 g/mol. The SMILES string of the molecule is CN(CC1CCCCC1)CC1(C)CCCN1. The van der Waals surface area contributed by atoms with Crippen molar-refractivity contribution in [3.05, 3.63) is 0 Å². The van der Waals surface area contributed by atoms with Gasteiger partial charge in [0.05, 0.1) is 0 Å². The van der Waals surface area contributed by atoms with Gasteiger partial charge in [-0.05, 0) is 52.1 Å². The lowest BCUT2D eigenvalue weighted by Crippen LogP contribution is -2.47. The van der Waals surface area contributed by atoms with Gasteiger partial charge in [0.25, 0.3) is 0 Å². The van der Waals surface area contributed by atoms with Crippen molar-refractivity contribution < 1.29 is 0 Å². The number of likely N-dealkylation sites (N-methyl/N-ethyl adjacent to an activating group) is 1. The predicted molar refractivity (Wildman–Crippen MR) is 69.7 cm³/mol. The molecule has 0 amide bonds. The molecule has 2 heteroatoms. The van der Waals surface area contributed by atoms with Gasteiger partial charge in [0, 0.05) is 18.6 Å². The molecule has 1 unspecified atom stereocenters. The van der Waals surface area contributed by atoms with Crippen LogP contribution < -0.4 is 5.32 Å². The Morgan fingerprint density at radius 3 is 2.56 bits per heavy atom. The Balaban J connectivity index is 1.72. The summed E-state index contributed by atoms with van der Waals surface area (Å²) in [5.74, 6) is 0.976. The first-order valence-electron chi connectivity index (χ1n) is 7.12. The van der Waals surface area contributed by atoms with E-state index in [1.807, 2.05) is 0 Å². The van der Waals surface area contributed by atoms with Crippen molar-refractivity contribution in [1.82, 2.24) is 10.2 Å². The quantitative estimate of drug-likeness (QED) is 0.790. The van der Waals surface area contributed by atoms with E-state index in [1.54, 1.807) is 0 Å². The van der Waals surface area contributed by atoms with E-state index in [1.165, 1.54) is 64.6 Å². The van der Waals surface area contributed by atoms with Crippen molar-refractivity contribution in [3.8, 4) is 0 Å². The molecule has 1 heterocycles. The number of nitrogens with one attached hydrogen (secondary N) is 1. The normalized spacial score (nSPS) is 32.4. The number of nitrogens with zero attached hydrogens (tertiary/aromatic N) is 1. The fraction of sp³-hybridized carbons (Fsp3) is 1.00. The highest BCUT2D eigenvalue weighted by atomic mass is 15.2. The lowest BCUT2D eigenvalue weighted by molar-refractivity contribution is 0.189. The van der Waals surface area contributed by atoms with Gasteiger partial charge in [0.2, 0.25) is 0 Å². The second-order valence-electron chi connectivity index (χ2n) is 6.29. The largest absolute Gasteiger partial charge is 0.310 e. The molecule has 0 spiro atoms. The highest BCUT2D eigenvalue weighted by Crippen LogP contribution is 2.25. The van der Waals surface area contributed by atoms with E-state index in [0.29, 0.717) is 5.54 Å². The summed E-state index contributed by atoms with van der Waals surface area (Å²) in [5.41, 5.74) is 0.392. The summed E-state index contributed by atoms with van der Waals surface area (Å²) < 4.78 is 0. The van der Waals surface area contributed by atoms with Crippen LogP contribution in [-0.4, -0.2) is 37.1 Å². The minimum absolute atomic E-state index is 0.392. The van der Waals surface area contributed by atoms with E-state index in [4.69, 9.17) is 0 Å². The van der Waals surface area contributed by atoms with E-state index < -0.39 is 0 Å². The Kier molecular flexibility index (Phi) is 4.26. The van der Waals surface area contributed by atoms with Crippen molar-refractivity contribution in [2.75, 3.05) is 26.7 Å². The Morgan fingerprint density at radius 2 is 1.94 bits per heavy atom. The van der Waals surface area contributed by atoms with E-state index in [0.717, 1.165) is 5.92 Å². The first-order valence-corrected chi connectivity index (χ1v) is 7.12. The van der Waals surface area contributed by atoms with Gasteiger partial charge in [-0.15, -0.1) is 0 Å². The first-order chi connectivity index (χ1) is 7.68. The molecule has 2 fully saturated rings. The van der Waals surface area contributed by atoms with Crippen molar-refractivity contribution in [2.24, 2.45) is 5.92 Å². The molecule has 1 aliphatic carbocycles. The maximum Gasteiger partial charge on any atom is 0.0280 e. The number of hydrogen-bond donors (Lipinski definition) is 1. The van der Waals surface area contributed by atoms with E-state index >= 15 is 0 Å². The van der Waals surface area contributed by atoms with Crippen LogP contribution in [0.3, 0.4) is 0 Å². The van der Waals surface area contributed by atoms with Gasteiger partial charge in [0.1, 0.15) is 0 Å². The fourth-order valence-electron chi connectivity index (χ4n) is 3.56. The molecule has 16 heavy (non-hydrogen) atoms. The Hall–Kier alpha value is -0.0800. The predicted octanol–water partition coefficient (Wildman–Crippen LogP) is 2.64. The lowest BCUT2D eigenvalue weighted by Gasteiger charge is -2.33. The van der Waals surface area contributed by atoms with Crippen LogP contribution in [-0.2, 0) is 0 Å². The monoisotopic (exact) mass is 224 g/mol. The van der Waals surface area contributed by atoms with Gasteiger partial charge < -0.3 is 10.2 Å². The van der Waals surface area contributed by atoms with Gasteiger partial charge in [0.15, 0.2) is 0 Å². The molecule has 2 rings (SSSR count). The number of rotatable bonds is 4. The molecule has 1 atom stereocenters. The third-order valence-electron chi connectivity index (χ3n) is 4.37. The molecule has 0 radical (unpaired) electrons. The molecule has 2 nitrogen and oxygen atoms in total. The van der Waals surface area contributed by atoms with Gasteiger partial charge in [-0.1, -0.05) is 19.3 Å². The molecule has 0 aromatic carbocycles. The zero-order valence-corrected chi connectivity index (χ0v) is 11.1. The Morgan fingerprint density at radius 1 is 1.19 bits per heavy atom. The second-order valence-corrected chi connectivity index (χ2v) is 6.29. The second kappa shape index (κ2) is 5.50. The fourth-order valence-corrected chi connectivity index (χ4v) is 3.56. The molecular weight excluding hydrogens is 196 g/mol. The Labute approximate surface area is 101 Å². The third-order valence-corrected chi connectivity index (χ3v) is 4.37. The van der Waals surface area contributed by atoms with Crippen LogP contribution >= 0.6 is 0 Å². The van der Waals surface area contributed by atoms with E-state index in [-0.39, 0.29) is 0 Å². The third kappa shape index (κ3) is 3.46. The average Bonchev–Trinajstić information content (AvgIpc) is 2.66. The maximum absolute atomic E-state index is 3.66. The summed E-state index contributed by atoms with van der Waals surface area (Å²) in [5, 5.41) is 3.66. The Bertz CT molecular complexity index is 203. The van der Waals surface area contributed by atoms with Crippen molar-refractivity contribution in [1.29, 1.82) is 0 Å². The lowest BCUT2D eigenvalue weighted by atomic mass is 9.88. The van der Waals surface area contributed by atoms with Gasteiger partial charge in [-0.2, -0.15) is 0 Å². The van der Waals surface area contributed by atoms with Crippen LogP contribution in [0.1, 0.15) is 51.9 Å². The van der Waals surface area contributed by atoms with Gasteiger partial charge in [-0.3, -0.25) is 0 Å². The van der Waals surface area contributed by atoms with Gasteiger partial charge >= 0.3 is 0 Å². The highest BCUT2D eigenvalue weighted by molar-refractivity contribution is 4.91. The minimum atomic E-state index is 0.392. The van der Waals surface area contributed by atoms with Crippen LogP contribution in [0.2, 0.25) is 0 Å². The summed E-state index contributed by atoms with van der Waals surface area (Å²) in [6.07, 6.45) is 10.0. The van der Waals surface area contributed by atoms with Crippen LogP contribution in [0.4, 0.5) is 0 Å². The van der Waals surface area contributed by atoms with Crippen molar-refractivity contribution >= 4 is 0 Å². The van der Waals surface area contributed by atoms with E-state index in [2.05, 4.69) is 24.2 Å². The van der Waals surface area contributed by atoms with Gasteiger partial charge in [-0.25, -0.2) is 0 Å². The summed E-state index contributed by atoms with van der Waals surface area (Å²) >= 11 is 0. The first kappa shape index (κ1) is 12.4. The molecule has 2 aliphatic rings. The maximum atomic E-state index is 3.66. The molecule has 1 aliphatic heterocycles. The zero-order chi connectivity index (χ0) is 11.4. The van der Waals surface area contributed by atoms with Crippen LogP contribution in [0.5, 0.6) is 0 Å². The minimum Gasteiger partial charge on any atom is -0.310 e. The molecular formula is C14H28N2. The molecule has 0 bridgehead atoms. The van der Waals surface area contributed by atoms with Crippen LogP contribution in [0.15, 0.2) is 0 Å². The van der Waals surface area contributed by atoms with Crippen LogP contribution in [0.25, 0.3) is 0 Å². The zero-order valence-electron chi connectivity index (χ0n) is 11.1. The summed E-state index contributed by atoms with van der Waals surface area (Å²) in [6, 6.07) is 0. The summed E-state index contributed by atoms with van der Waals surface area (Å²) in [7, 11) is 2.31. The number of hydrogen-bond acceptors (Lipinski definition) is 2. The van der Waals surface area contributed by atoms with E-state index in [9.17, 15) is 0 Å². The van der Waals surface area contributed by atoms with Crippen molar-refractivity contribution in [2.45, 2.75) is 57.4 Å². The molecule has 94 valence electrons. The molecule has 1 saturated heterocycles. The molecule has 1 saturated carbocycles. The molecule has 0 aromatic rings. The highest BCUT2D eigenvalue weighted by Gasteiger charge is 2.29.